The van der Waals surface area contributed by atoms with Crippen LogP contribution in [0, 0.1) is 5.92 Å². The zero-order valence-corrected chi connectivity index (χ0v) is 15.6. The van der Waals surface area contributed by atoms with E-state index in [0.29, 0.717) is 24.6 Å². The SMILES string of the molecule is O=C(CCN1CCC(CCc2cnc[nH]2)CC1)Nc1ccc(C(F)(F)F)cc1. The van der Waals surface area contributed by atoms with Gasteiger partial charge in [0.05, 0.1) is 11.9 Å². The number of nitrogens with zero attached hydrogens (tertiary/aromatic N) is 2. The predicted octanol–water partition coefficient (Wildman–Crippen LogP) is 4.10. The molecule has 1 aliphatic heterocycles. The van der Waals surface area contributed by atoms with Gasteiger partial charge in [0.2, 0.25) is 5.91 Å². The quantitative estimate of drug-likeness (QED) is 0.743. The molecule has 3 rings (SSSR count). The Morgan fingerprint density at radius 1 is 1.21 bits per heavy atom. The summed E-state index contributed by atoms with van der Waals surface area (Å²) in [4.78, 5) is 21.5. The van der Waals surface area contributed by atoms with Gasteiger partial charge in [0.1, 0.15) is 0 Å². The summed E-state index contributed by atoms with van der Waals surface area (Å²) in [6.45, 7) is 2.61. The third-order valence-corrected chi connectivity index (χ3v) is 5.24. The van der Waals surface area contributed by atoms with Crippen molar-refractivity contribution >= 4 is 11.6 Å². The number of carbonyl (C=O) groups is 1. The van der Waals surface area contributed by atoms with Crippen molar-refractivity contribution in [2.75, 3.05) is 25.0 Å². The lowest BCUT2D eigenvalue weighted by Crippen LogP contribution is -2.35. The topological polar surface area (TPSA) is 61.0 Å². The van der Waals surface area contributed by atoms with Gasteiger partial charge in [0.15, 0.2) is 0 Å². The largest absolute Gasteiger partial charge is 0.416 e. The normalized spacial score (nSPS) is 16.2. The van der Waals surface area contributed by atoms with Gasteiger partial charge in [-0.1, -0.05) is 0 Å². The number of rotatable bonds is 7. The van der Waals surface area contributed by atoms with Crippen LogP contribution in [0.1, 0.15) is 36.9 Å². The molecule has 8 heteroatoms. The molecule has 1 amide bonds. The smallest absolute Gasteiger partial charge is 0.348 e. The van der Waals surface area contributed by atoms with Crippen LogP contribution in [0.25, 0.3) is 0 Å². The molecule has 2 aromatic rings. The fourth-order valence-corrected chi connectivity index (χ4v) is 3.51. The highest BCUT2D eigenvalue weighted by Gasteiger charge is 2.30. The van der Waals surface area contributed by atoms with Crippen molar-refractivity contribution in [3.05, 3.63) is 48.0 Å². The van der Waals surface area contributed by atoms with Gasteiger partial charge in [-0.25, -0.2) is 4.98 Å². The number of aromatic nitrogens is 2. The molecule has 2 N–H and O–H groups in total. The Morgan fingerprint density at radius 2 is 1.93 bits per heavy atom. The van der Waals surface area contributed by atoms with Crippen molar-refractivity contribution < 1.29 is 18.0 Å². The highest BCUT2D eigenvalue weighted by molar-refractivity contribution is 5.90. The summed E-state index contributed by atoms with van der Waals surface area (Å²) in [5, 5.41) is 2.66. The molecule has 1 aromatic heterocycles. The monoisotopic (exact) mass is 394 g/mol. The van der Waals surface area contributed by atoms with Crippen LogP contribution in [-0.2, 0) is 17.4 Å². The molecule has 0 saturated carbocycles. The number of nitrogens with one attached hydrogen (secondary N) is 2. The number of aromatic amines is 1. The molecule has 0 radical (unpaired) electrons. The van der Waals surface area contributed by atoms with Crippen LogP contribution in [0.4, 0.5) is 18.9 Å². The van der Waals surface area contributed by atoms with Gasteiger partial charge >= 0.3 is 6.18 Å². The third kappa shape index (κ3) is 6.09. The summed E-state index contributed by atoms with van der Waals surface area (Å²) in [5.74, 6) is 0.515. The molecule has 0 atom stereocenters. The maximum absolute atomic E-state index is 12.6. The van der Waals surface area contributed by atoms with E-state index in [-0.39, 0.29) is 5.91 Å². The first-order valence-electron chi connectivity index (χ1n) is 9.57. The van der Waals surface area contributed by atoms with Crippen molar-refractivity contribution in [2.24, 2.45) is 5.92 Å². The van der Waals surface area contributed by atoms with E-state index in [0.717, 1.165) is 50.9 Å². The molecule has 152 valence electrons. The van der Waals surface area contributed by atoms with Gasteiger partial charge in [-0.15, -0.1) is 0 Å². The number of hydrogen-bond donors (Lipinski definition) is 2. The number of H-pyrrole nitrogens is 1. The van der Waals surface area contributed by atoms with Gasteiger partial charge in [0, 0.05) is 30.5 Å². The van der Waals surface area contributed by atoms with Crippen molar-refractivity contribution in [3.63, 3.8) is 0 Å². The van der Waals surface area contributed by atoms with E-state index < -0.39 is 11.7 Å². The van der Waals surface area contributed by atoms with E-state index in [1.165, 1.54) is 17.8 Å². The van der Waals surface area contributed by atoms with E-state index in [1.54, 1.807) is 6.33 Å². The Hall–Kier alpha value is -2.35. The Kier molecular flexibility index (Phi) is 6.72. The number of carbonyl (C=O) groups excluding carboxylic acids is 1. The minimum atomic E-state index is -4.37. The fraction of sp³-hybridized carbons (Fsp3) is 0.500. The first-order valence-corrected chi connectivity index (χ1v) is 9.57. The lowest BCUT2D eigenvalue weighted by Gasteiger charge is -2.31. The summed E-state index contributed by atoms with van der Waals surface area (Å²) in [7, 11) is 0. The Balaban J connectivity index is 1.34. The molecule has 1 aromatic carbocycles. The fourth-order valence-electron chi connectivity index (χ4n) is 3.51. The first kappa shape index (κ1) is 20.4. The van der Waals surface area contributed by atoms with Crippen LogP contribution in [0.2, 0.25) is 0 Å². The van der Waals surface area contributed by atoms with Crippen LogP contribution >= 0.6 is 0 Å². The highest BCUT2D eigenvalue weighted by atomic mass is 19.4. The van der Waals surface area contributed by atoms with Gasteiger partial charge in [0.25, 0.3) is 0 Å². The second-order valence-electron chi connectivity index (χ2n) is 7.27. The summed E-state index contributed by atoms with van der Waals surface area (Å²) in [5.41, 5.74) is 0.832. The van der Waals surface area contributed by atoms with Gasteiger partial charge in [-0.05, 0) is 69.0 Å². The summed E-state index contributed by atoms with van der Waals surface area (Å²) >= 11 is 0. The molecule has 0 bridgehead atoms. The number of hydrogen-bond acceptors (Lipinski definition) is 3. The highest BCUT2D eigenvalue weighted by Crippen LogP contribution is 2.29. The molecule has 0 aliphatic carbocycles. The molecule has 28 heavy (non-hydrogen) atoms. The summed E-state index contributed by atoms with van der Waals surface area (Å²) in [6, 6.07) is 4.52. The van der Waals surface area contributed by atoms with E-state index in [9.17, 15) is 18.0 Å². The molecule has 0 unspecified atom stereocenters. The van der Waals surface area contributed by atoms with Crippen molar-refractivity contribution in [2.45, 2.75) is 38.3 Å². The number of halogens is 3. The second kappa shape index (κ2) is 9.23. The van der Waals surface area contributed by atoms with Gasteiger partial charge in [-0.2, -0.15) is 13.2 Å². The molecule has 1 fully saturated rings. The van der Waals surface area contributed by atoms with Crippen molar-refractivity contribution in [3.8, 4) is 0 Å². The van der Waals surface area contributed by atoms with E-state index in [1.807, 2.05) is 6.20 Å². The van der Waals surface area contributed by atoms with Crippen molar-refractivity contribution in [1.82, 2.24) is 14.9 Å². The number of alkyl halides is 3. The van der Waals surface area contributed by atoms with Crippen LogP contribution < -0.4 is 5.32 Å². The van der Waals surface area contributed by atoms with Crippen LogP contribution in [-0.4, -0.2) is 40.4 Å². The minimum Gasteiger partial charge on any atom is -0.348 e. The zero-order valence-electron chi connectivity index (χ0n) is 15.6. The Morgan fingerprint density at radius 3 is 2.54 bits per heavy atom. The second-order valence-corrected chi connectivity index (χ2v) is 7.27. The molecular formula is C20H25F3N4O. The molecular weight excluding hydrogens is 369 g/mol. The van der Waals surface area contributed by atoms with Gasteiger partial charge < -0.3 is 15.2 Å². The predicted molar refractivity (Wildman–Crippen MR) is 101 cm³/mol. The van der Waals surface area contributed by atoms with E-state index in [4.69, 9.17) is 0 Å². The van der Waals surface area contributed by atoms with Gasteiger partial charge in [-0.3, -0.25) is 4.79 Å². The maximum Gasteiger partial charge on any atom is 0.416 e. The third-order valence-electron chi connectivity index (χ3n) is 5.24. The number of piperidine rings is 1. The Labute approximate surface area is 162 Å². The average molecular weight is 394 g/mol. The minimum absolute atomic E-state index is 0.180. The van der Waals surface area contributed by atoms with E-state index in [2.05, 4.69) is 20.2 Å². The van der Waals surface area contributed by atoms with Crippen LogP contribution in [0.5, 0.6) is 0 Å². The molecule has 5 nitrogen and oxygen atoms in total. The number of anilines is 1. The van der Waals surface area contributed by atoms with Crippen LogP contribution in [0.3, 0.4) is 0 Å². The Bertz CT molecular complexity index is 736. The number of benzene rings is 1. The first-order chi connectivity index (χ1) is 13.4. The molecule has 1 saturated heterocycles. The van der Waals surface area contributed by atoms with Crippen LogP contribution in [0.15, 0.2) is 36.8 Å². The molecule has 2 heterocycles. The zero-order chi connectivity index (χ0) is 20.0. The lowest BCUT2D eigenvalue weighted by atomic mass is 9.91. The summed E-state index contributed by atoms with van der Waals surface area (Å²) < 4.78 is 37.7. The maximum atomic E-state index is 12.6. The number of aryl methyl sites for hydroxylation is 1. The van der Waals surface area contributed by atoms with Crippen molar-refractivity contribution in [1.29, 1.82) is 0 Å². The van der Waals surface area contributed by atoms with E-state index >= 15 is 0 Å². The number of imidazole rings is 1. The standard InChI is InChI=1S/C20H25F3N4O/c21-20(22,23)16-2-5-17(6-3-16)26-19(28)9-12-27-10-7-15(8-11-27)1-4-18-13-24-14-25-18/h2-3,5-6,13-15H,1,4,7-12H2,(H,24,25)(H,26,28). The molecule has 1 aliphatic rings. The lowest BCUT2D eigenvalue weighted by molar-refractivity contribution is -0.137. The summed E-state index contributed by atoms with van der Waals surface area (Å²) in [6.07, 6.45) is 3.93. The number of amides is 1. The average Bonchev–Trinajstić information content (AvgIpc) is 3.19. The molecule has 0 spiro atoms. The number of likely N-dealkylation sites (tertiary alicyclic amines) is 1.